The summed E-state index contributed by atoms with van der Waals surface area (Å²) in [5, 5.41) is 8.73. The van der Waals surface area contributed by atoms with Crippen molar-refractivity contribution in [2.24, 2.45) is 0 Å². The van der Waals surface area contributed by atoms with Crippen LogP contribution in [-0.4, -0.2) is 30.4 Å². The third kappa shape index (κ3) is 3.34. The SMILES string of the molecule is COC1CCCC(OCc2ccc(C(=O)O)o2)C1. The Morgan fingerprint density at radius 3 is 2.89 bits per heavy atom. The highest BCUT2D eigenvalue weighted by molar-refractivity contribution is 5.84. The van der Waals surface area contributed by atoms with Gasteiger partial charge in [0.25, 0.3) is 0 Å². The van der Waals surface area contributed by atoms with Crippen LogP contribution in [0.1, 0.15) is 42.0 Å². The highest BCUT2D eigenvalue weighted by Crippen LogP contribution is 2.24. The molecule has 0 aromatic carbocycles. The van der Waals surface area contributed by atoms with E-state index in [1.807, 2.05) is 0 Å². The van der Waals surface area contributed by atoms with Crippen molar-refractivity contribution in [3.63, 3.8) is 0 Å². The molecular weight excluding hydrogens is 236 g/mol. The zero-order valence-corrected chi connectivity index (χ0v) is 10.4. The van der Waals surface area contributed by atoms with Gasteiger partial charge in [-0.25, -0.2) is 4.79 Å². The van der Waals surface area contributed by atoms with Crippen molar-refractivity contribution >= 4 is 5.97 Å². The summed E-state index contributed by atoms with van der Waals surface area (Å²) >= 11 is 0. The van der Waals surface area contributed by atoms with Crippen molar-refractivity contribution in [1.82, 2.24) is 0 Å². The predicted octanol–water partition coefficient (Wildman–Crippen LogP) is 2.45. The molecule has 1 heterocycles. The summed E-state index contributed by atoms with van der Waals surface area (Å²) in [4.78, 5) is 10.7. The van der Waals surface area contributed by atoms with Gasteiger partial charge in [0.05, 0.1) is 12.2 Å². The number of hydrogen-bond donors (Lipinski definition) is 1. The maximum absolute atomic E-state index is 10.7. The number of methoxy groups -OCH3 is 1. The third-order valence-electron chi connectivity index (χ3n) is 3.25. The van der Waals surface area contributed by atoms with Gasteiger partial charge in [0.2, 0.25) is 5.76 Å². The maximum Gasteiger partial charge on any atom is 0.371 e. The first-order chi connectivity index (χ1) is 8.69. The van der Waals surface area contributed by atoms with Crippen LogP contribution in [-0.2, 0) is 16.1 Å². The summed E-state index contributed by atoms with van der Waals surface area (Å²) in [7, 11) is 1.72. The number of aromatic carboxylic acids is 1. The molecule has 0 aliphatic heterocycles. The third-order valence-corrected chi connectivity index (χ3v) is 3.25. The lowest BCUT2D eigenvalue weighted by Gasteiger charge is -2.27. The Bertz CT molecular complexity index is 398. The average molecular weight is 254 g/mol. The van der Waals surface area contributed by atoms with Crippen LogP contribution in [0.3, 0.4) is 0 Å². The Kier molecular flexibility index (Phi) is 4.38. The molecule has 1 aliphatic carbocycles. The quantitative estimate of drug-likeness (QED) is 0.874. The number of furan rings is 1. The minimum atomic E-state index is -1.06. The van der Waals surface area contributed by atoms with Gasteiger partial charge in [-0.1, -0.05) is 0 Å². The van der Waals surface area contributed by atoms with E-state index < -0.39 is 5.97 Å². The molecule has 0 radical (unpaired) electrons. The van der Waals surface area contributed by atoms with Gasteiger partial charge in [-0.15, -0.1) is 0 Å². The van der Waals surface area contributed by atoms with Gasteiger partial charge in [-0.05, 0) is 37.8 Å². The van der Waals surface area contributed by atoms with Crippen LogP contribution >= 0.6 is 0 Å². The molecule has 1 saturated carbocycles. The molecule has 5 nitrogen and oxygen atoms in total. The standard InChI is InChI=1S/C13H18O5/c1-16-9-3-2-4-10(7-9)17-8-11-5-6-12(18-11)13(14)15/h5-6,9-10H,2-4,7-8H2,1H3,(H,14,15). The van der Waals surface area contributed by atoms with Crippen molar-refractivity contribution in [2.75, 3.05) is 7.11 Å². The second-order valence-electron chi connectivity index (χ2n) is 4.53. The van der Waals surface area contributed by atoms with Gasteiger partial charge in [0.15, 0.2) is 0 Å². The normalized spacial score (nSPS) is 24.1. The van der Waals surface area contributed by atoms with Crippen LogP contribution in [0.5, 0.6) is 0 Å². The molecule has 0 spiro atoms. The maximum atomic E-state index is 10.7. The van der Waals surface area contributed by atoms with Gasteiger partial charge in [-0.3, -0.25) is 0 Å². The van der Waals surface area contributed by atoms with E-state index in [0.29, 0.717) is 12.4 Å². The summed E-state index contributed by atoms with van der Waals surface area (Å²) < 4.78 is 16.2. The molecule has 100 valence electrons. The second-order valence-corrected chi connectivity index (χ2v) is 4.53. The molecule has 2 rings (SSSR count). The fourth-order valence-electron chi connectivity index (χ4n) is 2.24. The summed E-state index contributed by atoms with van der Waals surface area (Å²) in [5.74, 6) is -0.558. The van der Waals surface area contributed by atoms with Crippen LogP contribution < -0.4 is 0 Å². The van der Waals surface area contributed by atoms with E-state index in [2.05, 4.69) is 0 Å². The molecule has 2 atom stereocenters. The fourth-order valence-corrected chi connectivity index (χ4v) is 2.24. The Labute approximate surface area is 106 Å². The van der Waals surface area contributed by atoms with E-state index in [1.54, 1.807) is 13.2 Å². The molecule has 0 saturated heterocycles. The highest BCUT2D eigenvalue weighted by Gasteiger charge is 2.22. The fraction of sp³-hybridized carbons (Fsp3) is 0.615. The highest BCUT2D eigenvalue weighted by atomic mass is 16.5. The van der Waals surface area contributed by atoms with E-state index in [4.69, 9.17) is 19.0 Å². The minimum absolute atomic E-state index is 0.0491. The largest absolute Gasteiger partial charge is 0.475 e. The predicted molar refractivity (Wildman–Crippen MR) is 63.5 cm³/mol. The van der Waals surface area contributed by atoms with E-state index >= 15 is 0 Å². The molecule has 0 amide bonds. The molecule has 1 aliphatic rings. The molecule has 18 heavy (non-hydrogen) atoms. The van der Waals surface area contributed by atoms with Crippen LogP contribution in [0.2, 0.25) is 0 Å². The van der Waals surface area contributed by atoms with E-state index in [1.165, 1.54) is 6.07 Å². The Morgan fingerprint density at radius 1 is 1.44 bits per heavy atom. The molecule has 2 unspecified atom stereocenters. The van der Waals surface area contributed by atoms with Gasteiger partial charge in [0, 0.05) is 7.11 Å². The van der Waals surface area contributed by atoms with E-state index in [0.717, 1.165) is 25.7 Å². The lowest BCUT2D eigenvalue weighted by atomic mass is 9.95. The van der Waals surface area contributed by atoms with E-state index in [-0.39, 0.29) is 18.0 Å². The molecule has 1 N–H and O–H groups in total. The summed E-state index contributed by atoms with van der Waals surface area (Å²) in [6.07, 6.45) is 4.54. The topological polar surface area (TPSA) is 68.9 Å². The number of carboxylic acid groups (broad SMARTS) is 1. The minimum Gasteiger partial charge on any atom is -0.475 e. The van der Waals surface area contributed by atoms with Crippen molar-refractivity contribution in [1.29, 1.82) is 0 Å². The van der Waals surface area contributed by atoms with Gasteiger partial charge >= 0.3 is 5.97 Å². The zero-order valence-electron chi connectivity index (χ0n) is 10.4. The van der Waals surface area contributed by atoms with Crippen molar-refractivity contribution in [2.45, 2.75) is 44.5 Å². The smallest absolute Gasteiger partial charge is 0.371 e. The Morgan fingerprint density at radius 2 is 2.22 bits per heavy atom. The zero-order chi connectivity index (χ0) is 13.0. The lowest BCUT2D eigenvalue weighted by Crippen LogP contribution is -2.27. The summed E-state index contributed by atoms with van der Waals surface area (Å²) in [6.45, 7) is 0.314. The van der Waals surface area contributed by atoms with Crippen molar-refractivity contribution in [3.8, 4) is 0 Å². The first-order valence-electron chi connectivity index (χ1n) is 6.15. The first kappa shape index (κ1) is 13.1. The number of ether oxygens (including phenoxy) is 2. The van der Waals surface area contributed by atoms with Crippen LogP contribution in [0.25, 0.3) is 0 Å². The summed E-state index contributed by atoms with van der Waals surface area (Å²) in [5.41, 5.74) is 0. The number of carboxylic acids is 1. The molecule has 0 bridgehead atoms. The lowest BCUT2D eigenvalue weighted by molar-refractivity contribution is -0.0406. The second kappa shape index (κ2) is 6.02. The molecular formula is C13H18O5. The van der Waals surface area contributed by atoms with Crippen molar-refractivity contribution in [3.05, 3.63) is 23.7 Å². The van der Waals surface area contributed by atoms with Crippen molar-refractivity contribution < 1.29 is 23.8 Å². The first-order valence-corrected chi connectivity index (χ1v) is 6.15. The average Bonchev–Trinajstić information content (AvgIpc) is 2.85. The number of carbonyl (C=O) groups is 1. The van der Waals surface area contributed by atoms with Crippen LogP contribution in [0.15, 0.2) is 16.5 Å². The van der Waals surface area contributed by atoms with Gasteiger partial charge in [0.1, 0.15) is 12.4 Å². The molecule has 5 heteroatoms. The number of rotatable bonds is 5. The van der Waals surface area contributed by atoms with Gasteiger partial charge < -0.3 is 19.0 Å². The molecule has 1 aromatic rings. The molecule has 1 aromatic heterocycles. The Balaban J connectivity index is 1.81. The van der Waals surface area contributed by atoms with Crippen LogP contribution in [0, 0.1) is 0 Å². The van der Waals surface area contributed by atoms with E-state index in [9.17, 15) is 4.79 Å². The number of hydrogen-bond acceptors (Lipinski definition) is 4. The van der Waals surface area contributed by atoms with Gasteiger partial charge in [-0.2, -0.15) is 0 Å². The summed E-state index contributed by atoms with van der Waals surface area (Å²) in [6, 6.07) is 3.08. The molecule has 1 fully saturated rings. The Hall–Kier alpha value is -1.33. The monoisotopic (exact) mass is 254 g/mol. The van der Waals surface area contributed by atoms with Crippen LogP contribution in [0.4, 0.5) is 0 Å².